The molecule has 0 bridgehead atoms. The molecule has 1 N–H and O–H groups in total. The molecule has 0 saturated carbocycles. The van der Waals surface area contributed by atoms with Crippen LogP contribution in [0.15, 0.2) is 72.8 Å². The van der Waals surface area contributed by atoms with E-state index >= 15 is 0 Å². The molecule has 7 nitrogen and oxygen atoms in total. The smallest absolute Gasteiger partial charge is 0.301 e. The van der Waals surface area contributed by atoms with Crippen LogP contribution in [-0.2, 0) is 16.0 Å². The third kappa shape index (κ3) is 4.34. The van der Waals surface area contributed by atoms with Crippen molar-refractivity contribution < 1.29 is 24.2 Å². The Labute approximate surface area is 236 Å². The van der Waals surface area contributed by atoms with Crippen LogP contribution in [0.3, 0.4) is 0 Å². The van der Waals surface area contributed by atoms with Gasteiger partial charge in [0.05, 0.1) is 21.8 Å². The van der Waals surface area contributed by atoms with E-state index in [4.69, 9.17) is 14.5 Å². The van der Waals surface area contributed by atoms with Crippen LogP contribution in [0.5, 0.6) is 11.5 Å². The topological polar surface area (TPSA) is 89.0 Å². The summed E-state index contributed by atoms with van der Waals surface area (Å²) in [5, 5.41) is 12.0. The first-order valence-electron chi connectivity index (χ1n) is 13.1. The number of anilines is 1. The zero-order valence-electron chi connectivity index (χ0n) is 22.4. The van der Waals surface area contributed by atoms with Crippen LogP contribution in [0.4, 0.5) is 5.13 Å². The Morgan fingerprint density at radius 2 is 1.95 bits per heavy atom. The summed E-state index contributed by atoms with van der Waals surface area (Å²) in [5.41, 5.74) is 4.94. The first kappa shape index (κ1) is 25.8. The number of ketones is 1. The van der Waals surface area contributed by atoms with Crippen LogP contribution >= 0.6 is 11.3 Å². The minimum atomic E-state index is -0.876. The van der Waals surface area contributed by atoms with Crippen molar-refractivity contribution in [2.75, 3.05) is 11.5 Å². The number of amides is 1. The van der Waals surface area contributed by atoms with Crippen molar-refractivity contribution in [1.82, 2.24) is 4.98 Å². The highest BCUT2D eigenvalue weighted by molar-refractivity contribution is 7.22. The molecule has 2 atom stereocenters. The van der Waals surface area contributed by atoms with Crippen LogP contribution in [0, 0.1) is 13.8 Å². The maximum atomic E-state index is 13.6. The second kappa shape index (κ2) is 9.95. The van der Waals surface area contributed by atoms with Gasteiger partial charge in [-0.2, -0.15) is 0 Å². The molecule has 1 saturated heterocycles. The van der Waals surface area contributed by atoms with Crippen molar-refractivity contribution in [3.63, 3.8) is 0 Å². The highest BCUT2D eigenvalue weighted by Gasteiger charge is 2.48. The maximum absolute atomic E-state index is 13.6. The Balaban J connectivity index is 1.51. The number of carbonyl (C=O) groups is 2. The van der Waals surface area contributed by atoms with Gasteiger partial charge < -0.3 is 14.6 Å². The standard InChI is InChI=1S/C32H28N2O5S/c1-5-12-38-23-9-6-20(7-10-23)28-26(29(35)21-8-11-24-22(16-21)15-19(4)39-24)30(36)31(37)34(28)32-33-27-18(3)13-17(2)14-25(27)40-32/h5-11,13-14,16,19,28,35H,1,12,15H2,2-4H3/t19-,28+/m0/s1. The predicted molar refractivity (Wildman–Crippen MR) is 156 cm³/mol. The minimum absolute atomic E-state index is 0.0174. The maximum Gasteiger partial charge on any atom is 0.301 e. The van der Waals surface area contributed by atoms with Crippen molar-refractivity contribution >= 4 is 44.1 Å². The average Bonchev–Trinajstić information content (AvgIpc) is 3.60. The Morgan fingerprint density at radius 3 is 2.70 bits per heavy atom. The van der Waals surface area contributed by atoms with Gasteiger partial charge in [-0.05, 0) is 79.4 Å². The summed E-state index contributed by atoms with van der Waals surface area (Å²) in [6.45, 7) is 9.99. The fourth-order valence-electron chi connectivity index (χ4n) is 5.43. The molecular weight excluding hydrogens is 524 g/mol. The number of benzene rings is 3. The average molecular weight is 553 g/mol. The largest absolute Gasteiger partial charge is 0.507 e. The summed E-state index contributed by atoms with van der Waals surface area (Å²) in [6, 6.07) is 15.7. The summed E-state index contributed by atoms with van der Waals surface area (Å²) in [5.74, 6) is -0.333. The number of hydrogen-bond acceptors (Lipinski definition) is 7. The number of Topliss-reactive ketones (excluding diaryl/α,β-unsaturated/α-hetero) is 1. The van der Waals surface area contributed by atoms with Gasteiger partial charge in [-0.1, -0.05) is 42.2 Å². The molecule has 0 radical (unpaired) electrons. The Bertz CT molecular complexity index is 1720. The van der Waals surface area contributed by atoms with Crippen molar-refractivity contribution in [1.29, 1.82) is 0 Å². The molecule has 4 aromatic rings. The number of fused-ring (bicyclic) bond motifs is 2. The summed E-state index contributed by atoms with van der Waals surface area (Å²) in [7, 11) is 0. The molecule has 40 heavy (non-hydrogen) atoms. The normalized spacial score (nSPS) is 19.6. The number of aliphatic hydroxyl groups is 1. The number of nitrogens with zero attached hydrogens (tertiary/aromatic N) is 2. The van der Waals surface area contributed by atoms with Gasteiger partial charge in [0.2, 0.25) is 0 Å². The fraction of sp³-hybridized carbons (Fsp3) is 0.219. The second-order valence-electron chi connectivity index (χ2n) is 10.2. The number of rotatable bonds is 6. The summed E-state index contributed by atoms with van der Waals surface area (Å²) in [6.07, 6.45) is 2.39. The predicted octanol–water partition coefficient (Wildman–Crippen LogP) is 6.43. The van der Waals surface area contributed by atoms with E-state index in [0.717, 1.165) is 32.7 Å². The zero-order valence-corrected chi connectivity index (χ0v) is 23.2. The number of hydrogen-bond donors (Lipinski definition) is 1. The number of aryl methyl sites for hydroxylation is 2. The van der Waals surface area contributed by atoms with E-state index in [1.807, 2.05) is 39.0 Å². The summed E-state index contributed by atoms with van der Waals surface area (Å²) >= 11 is 1.35. The van der Waals surface area contributed by atoms with E-state index in [-0.39, 0.29) is 17.4 Å². The van der Waals surface area contributed by atoms with E-state index in [0.29, 0.717) is 35.0 Å². The molecule has 3 heterocycles. The second-order valence-corrected chi connectivity index (χ2v) is 11.2. The number of aliphatic hydroxyl groups excluding tert-OH is 1. The molecule has 202 valence electrons. The van der Waals surface area contributed by atoms with Gasteiger partial charge in [0.15, 0.2) is 5.13 Å². The van der Waals surface area contributed by atoms with Crippen molar-refractivity contribution in [3.05, 3.63) is 101 Å². The third-order valence-electron chi connectivity index (χ3n) is 7.20. The highest BCUT2D eigenvalue weighted by atomic mass is 32.1. The third-order valence-corrected chi connectivity index (χ3v) is 8.20. The molecule has 2 aliphatic heterocycles. The van der Waals surface area contributed by atoms with Gasteiger partial charge in [-0.3, -0.25) is 14.5 Å². The van der Waals surface area contributed by atoms with Gasteiger partial charge in [-0.25, -0.2) is 4.98 Å². The molecule has 0 unspecified atom stereocenters. The van der Waals surface area contributed by atoms with Gasteiger partial charge >= 0.3 is 5.91 Å². The number of thiazole rings is 1. The van der Waals surface area contributed by atoms with Gasteiger partial charge in [0.25, 0.3) is 5.78 Å². The van der Waals surface area contributed by atoms with E-state index in [1.54, 1.807) is 42.5 Å². The molecule has 0 spiro atoms. The summed E-state index contributed by atoms with van der Waals surface area (Å²) < 4.78 is 12.4. The number of aromatic nitrogens is 1. The molecule has 3 aromatic carbocycles. The first-order chi connectivity index (χ1) is 19.2. The summed E-state index contributed by atoms with van der Waals surface area (Å²) in [4.78, 5) is 33.5. The van der Waals surface area contributed by atoms with E-state index in [2.05, 4.69) is 6.58 Å². The molecule has 8 heteroatoms. The monoisotopic (exact) mass is 552 g/mol. The van der Waals surface area contributed by atoms with E-state index in [9.17, 15) is 14.7 Å². The number of ether oxygens (including phenoxy) is 2. The van der Waals surface area contributed by atoms with Gasteiger partial charge in [-0.15, -0.1) is 0 Å². The van der Waals surface area contributed by atoms with Crippen molar-refractivity contribution in [3.8, 4) is 11.5 Å². The van der Waals surface area contributed by atoms with Crippen LogP contribution in [0.1, 0.15) is 40.8 Å². The SMILES string of the molecule is C=CCOc1ccc([C@@H]2C(=C(O)c3ccc4c(c3)C[C@H](C)O4)C(=O)C(=O)N2c2nc3c(C)cc(C)cc3s2)cc1. The highest BCUT2D eigenvalue weighted by Crippen LogP contribution is 2.45. The molecule has 1 fully saturated rings. The Hall–Kier alpha value is -4.43. The lowest BCUT2D eigenvalue weighted by atomic mass is 9.94. The number of carbonyl (C=O) groups excluding carboxylic acids is 2. The van der Waals surface area contributed by atoms with E-state index in [1.165, 1.54) is 16.2 Å². The van der Waals surface area contributed by atoms with Gasteiger partial charge in [0.1, 0.15) is 30.0 Å². The molecule has 1 amide bonds. The van der Waals surface area contributed by atoms with Crippen LogP contribution in [0.2, 0.25) is 0 Å². The zero-order chi connectivity index (χ0) is 28.1. The first-order valence-corrected chi connectivity index (χ1v) is 13.9. The molecule has 0 aliphatic carbocycles. The van der Waals surface area contributed by atoms with Crippen LogP contribution in [0.25, 0.3) is 16.0 Å². The minimum Gasteiger partial charge on any atom is -0.507 e. The lowest BCUT2D eigenvalue weighted by molar-refractivity contribution is -0.132. The molecular formula is C32H28N2O5S. The van der Waals surface area contributed by atoms with Crippen LogP contribution < -0.4 is 14.4 Å². The Morgan fingerprint density at radius 1 is 1.18 bits per heavy atom. The van der Waals surface area contributed by atoms with Crippen molar-refractivity contribution in [2.24, 2.45) is 0 Å². The lowest BCUT2D eigenvalue weighted by Crippen LogP contribution is -2.29. The molecule has 1 aromatic heterocycles. The quantitative estimate of drug-likeness (QED) is 0.128. The van der Waals surface area contributed by atoms with Crippen molar-refractivity contribution in [2.45, 2.75) is 39.3 Å². The van der Waals surface area contributed by atoms with Gasteiger partial charge in [0, 0.05) is 12.0 Å². The fourth-order valence-corrected chi connectivity index (χ4v) is 6.60. The lowest BCUT2D eigenvalue weighted by Gasteiger charge is -2.23. The molecule has 6 rings (SSSR count). The molecule has 2 aliphatic rings. The van der Waals surface area contributed by atoms with Crippen LogP contribution in [-0.4, -0.2) is 34.5 Å². The Kier molecular flexibility index (Phi) is 6.43. The van der Waals surface area contributed by atoms with E-state index < -0.39 is 17.7 Å².